The molecule has 0 amide bonds. The number of Topliss-reactive ketones (excluding diaryl/α,β-unsaturated/α-hetero) is 1. The highest BCUT2D eigenvalue weighted by molar-refractivity contribution is 6.22. The molecule has 2 aliphatic heterocycles. The van der Waals surface area contributed by atoms with E-state index in [-0.39, 0.29) is 17.0 Å². The van der Waals surface area contributed by atoms with Crippen LogP contribution in [0.3, 0.4) is 0 Å². The number of benzene rings is 1. The summed E-state index contributed by atoms with van der Waals surface area (Å²) in [5.74, 6) is -0.0970. The van der Waals surface area contributed by atoms with Gasteiger partial charge < -0.3 is 10.0 Å². The van der Waals surface area contributed by atoms with Gasteiger partial charge in [-0.3, -0.25) is 9.79 Å². The Labute approximate surface area is 153 Å². The van der Waals surface area contributed by atoms with Crippen LogP contribution in [0.15, 0.2) is 75.3 Å². The first-order valence-corrected chi connectivity index (χ1v) is 8.75. The molecule has 0 bridgehead atoms. The molecule has 0 saturated heterocycles. The lowest BCUT2D eigenvalue weighted by Crippen LogP contribution is -2.27. The molecule has 0 radical (unpaired) electrons. The minimum Gasteiger partial charge on any atom is -0.506 e. The Morgan fingerprint density at radius 3 is 2.46 bits per heavy atom. The third-order valence-corrected chi connectivity index (χ3v) is 5.51. The molecule has 0 unspecified atom stereocenters. The van der Waals surface area contributed by atoms with Gasteiger partial charge in [0.2, 0.25) is 5.78 Å². The number of carbonyl (C=O) groups is 1. The monoisotopic (exact) mass is 346 g/mol. The fraction of sp³-hybridized carbons (Fsp3) is 0.273. The predicted octanol–water partition coefficient (Wildman–Crippen LogP) is 4.37. The summed E-state index contributed by atoms with van der Waals surface area (Å²) >= 11 is 0. The molecule has 0 atom stereocenters. The van der Waals surface area contributed by atoms with E-state index in [4.69, 9.17) is 0 Å². The van der Waals surface area contributed by atoms with Gasteiger partial charge in [0.25, 0.3) is 0 Å². The molecule has 26 heavy (non-hydrogen) atoms. The second-order valence-electron chi connectivity index (χ2n) is 7.63. The Morgan fingerprint density at radius 1 is 1.19 bits per heavy atom. The molecule has 0 spiro atoms. The second kappa shape index (κ2) is 5.31. The lowest BCUT2D eigenvalue weighted by Gasteiger charge is -2.27. The maximum atomic E-state index is 12.8. The van der Waals surface area contributed by atoms with Crippen molar-refractivity contribution < 1.29 is 9.90 Å². The van der Waals surface area contributed by atoms with Crippen molar-refractivity contribution >= 4 is 17.2 Å². The first-order valence-electron chi connectivity index (χ1n) is 8.75. The topological polar surface area (TPSA) is 52.9 Å². The van der Waals surface area contributed by atoms with Crippen LogP contribution in [0.25, 0.3) is 0 Å². The van der Waals surface area contributed by atoms with Crippen LogP contribution in [-0.4, -0.2) is 23.6 Å². The van der Waals surface area contributed by atoms with Crippen molar-refractivity contribution in [2.24, 2.45) is 4.99 Å². The molecule has 1 aliphatic carbocycles. The highest BCUT2D eigenvalue weighted by Crippen LogP contribution is 2.48. The molecule has 1 N–H and O–H groups in total. The summed E-state index contributed by atoms with van der Waals surface area (Å²) in [6.07, 6.45) is 3.75. The van der Waals surface area contributed by atoms with E-state index in [1.165, 1.54) is 5.56 Å². The maximum Gasteiger partial charge on any atom is 0.202 e. The average Bonchev–Trinajstić information content (AvgIpc) is 3.01. The van der Waals surface area contributed by atoms with Crippen LogP contribution in [0.5, 0.6) is 0 Å². The van der Waals surface area contributed by atoms with Gasteiger partial charge in [-0.15, -0.1) is 0 Å². The molecule has 0 aromatic heterocycles. The maximum absolute atomic E-state index is 12.8. The quantitative estimate of drug-likeness (QED) is 0.768. The zero-order valence-electron chi connectivity index (χ0n) is 15.7. The summed E-state index contributed by atoms with van der Waals surface area (Å²) in [5.41, 5.74) is 6.16. The molecule has 132 valence electrons. The Balaban J connectivity index is 1.81. The van der Waals surface area contributed by atoms with Gasteiger partial charge in [0, 0.05) is 29.6 Å². The molecule has 0 saturated carbocycles. The number of aliphatic hydroxyl groups excluding tert-OH is 1. The van der Waals surface area contributed by atoms with Crippen LogP contribution >= 0.6 is 0 Å². The summed E-state index contributed by atoms with van der Waals surface area (Å²) in [5, 5.41) is 10.6. The standard InChI is InChI=1S/C22H22N2O2/c1-12-10-13(2)23-19(12)18-20(25)14(21(18)26)11-17-22(3,4)15-8-6-7-9-16(15)24(17)5/h6-11,25H,1-5H3/b17-11-,19-18+. The molecule has 3 aliphatic rings. The SMILES string of the molecule is CC1=CC(C)=N/C1=C1/C(=O)C(/C=C2\N(C)c3ccccc3C2(C)C)=C1O. The van der Waals surface area contributed by atoms with Gasteiger partial charge in [0.1, 0.15) is 5.76 Å². The number of likely N-dealkylation sites (N-methyl/N-ethyl adjacent to an activating group) is 1. The van der Waals surface area contributed by atoms with Crippen LogP contribution < -0.4 is 4.90 Å². The zero-order valence-corrected chi connectivity index (χ0v) is 15.7. The molecule has 4 nitrogen and oxygen atoms in total. The van der Waals surface area contributed by atoms with Gasteiger partial charge >= 0.3 is 0 Å². The van der Waals surface area contributed by atoms with E-state index >= 15 is 0 Å². The zero-order chi connectivity index (χ0) is 18.8. The predicted molar refractivity (Wildman–Crippen MR) is 105 cm³/mol. The number of nitrogens with zero attached hydrogens (tertiary/aromatic N) is 2. The van der Waals surface area contributed by atoms with Gasteiger partial charge in [-0.05, 0) is 43.2 Å². The van der Waals surface area contributed by atoms with Crippen LogP contribution in [0.4, 0.5) is 5.69 Å². The number of carbonyl (C=O) groups excluding carboxylic acids is 1. The third-order valence-electron chi connectivity index (χ3n) is 5.51. The number of hydrogen-bond donors (Lipinski definition) is 1. The van der Waals surface area contributed by atoms with Gasteiger partial charge in [0.05, 0.1) is 16.8 Å². The minimum atomic E-state index is -0.236. The third kappa shape index (κ3) is 2.08. The van der Waals surface area contributed by atoms with Crippen molar-refractivity contribution in [3.63, 3.8) is 0 Å². The second-order valence-corrected chi connectivity index (χ2v) is 7.63. The molecule has 4 rings (SSSR count). The number of hydrogen-bond acceptors (Lipinski definition) is 4. The van der Waals surface area contributed by atoms with Crippen molar-refractivity contribution in [2.75, 3.05) is 11.9 Å². The number of ketones is 1. The van der Waals surface area contributed by atoms with Crippen LogP contribution in [0.1, 0.15) is 33.3 Å². The lowest BCUT2D eigenvalue weighted by molar-refractivity contribution is -0.113. The fourth-order valence-corrected chi connectivity index (χ4v) is 4.10. The molecule has 1 aromatic rings. The van der Waals surface area contributed by atoms with Crippen molar-refractivity contribution in [1.29, 1.82) is 0 Å². The van der Waals surface area contributed by atoms with E-state index in [2.05, 4.69) is 35.9 Å². The smallest absolute Gasteiger partial charge is 0.202 e. The normalized spacial score (nSPS) is 25.5. The van der Waals surface area contributed by atoms with E-state index in [1.807, 2.05) is 45.2 Å². The largest absolute Gasteiger partial charge is 0.506 e. The molecular formula is C22H22N2O2. The number of allylic oxidation sites excluding steroid dienone is 6. The molecule has 2 heterocycles. The molecule has 4 heteroatoms. The Kier molecular flexibility index (Phi) is 3.38. The summed E-state index contributed by atoms with van der Waals surface area (Å²) < 4.78 is 0. The fourth-order valence-electron chi connectivity index (χ4n) is 4.10. The van der Waals surface area contributed by atoms with E-state index in [0.29, 0.717) is 16.8 Å². The summed E-state index contributed by atoms with van der Waals surface area (Å²) in [7, 11) is 2.00. The van der Waals surface area contributed by atoms with Gasteiger partial charge in [-0.2, -0.15) is 0 Å². The molecule has 0 fully saturated rings. The first-order chi connectivity index (χ1) is 12.2. The minimum absolute atomic E-state index is 0.0452. The van der Waals surface area contributed by atoms with E-state index in [1.54, 1.807) is 0 Å². The van der Waals surface area contributed by atoms with Crippen molar-refractivity contribution in [1.82, 2.24) is 0 Å². The van der Waals surface area contributed by atoms with Gasteiger partial charge in [-0.1, -0.05) is 32.0 Å². The van der Waals surface area contributed by atoms with Crippen molar-refractivity contribution in [3.8, 4) is 0 Å². The van der Waals surface area contributed by atoms with E-state index in [9.17, 15) is 9.90 Å². The van der Waals surface area contributed by atoms with E-state index < -0.39 is 0 Å². The average molecular weight is 346 g/mol. The van der Waals surface area contributed by atoms with Crippen LogP contribution in [-0.2, 0) is 10.2 Å². The van der Waals surface area contributed by atoms with Gasteiger partial charge in [-0.25, -0.2) is 0 Å². The Morgan fingerprint density at radius 2 is 1.88 bits per heavy atom. The number of anilines is 1. The number of rotatable bonds is 1. The Hall–Kier alpha value is -2.88. The summed E-state index contributed by atoms with van der Waals surface area (Å²) in [6.45, 7) is 8.07. The highest BCUT2D eigenvalue weighted by atomic mass is 16.3. The number of aliphatic hydroxyl groups is 1. The number of fused-ring (bicyclic) bond motifs is 1. The number of para-hydroxylation sites is 1. The van der Waals surface area contributed by atoms with Gasteiger partial charge in [0.15, 0.2) is 0 Å². The first kappa shape index (κ1) is 16.6. The summed E-state index contributed by atoms with van der Waals surface area (Å²) in [4.78, 5) is 19.2. The lowest BCUT2D eigenvalue weighted by atomic mass is 9.80. The molecular weight excluding hydrogens is 324 g/mol. The highest BCUT2D eigenvalue weighted by Gasteiger charge is 2.42. The van der Waals surface area contributed by atoms with Crippen molar-refractivity contribution in [2.45, 2.75) is 33.1 Å². The Bertz CT molecular complexity index is 1020. The summed E-state index contributed by atoms with van der Waals surface area (Å²) in [6, 6.07) is 8.23. The molecule has 1 aromatic carbocycles. The van der Waals surface area contributed by atoms with E-state index in [0.717, 1.165) is 22.7 Å². The van der Waals surface area contributed by atoms with Crippen molar-refractivity contribution in [3.05, 3.63) is 75.9 Å². The number of aliphatic imine (C=N–C) groups is 1. The van der Waals surface area contributed by atoms with Crippen LogP contribution in [0, 0.1) is 0 Å². The van der Waals surface area contributed by atoms with Crippen LogP contribution in [0.2, 0.25) is 0 Å².